The lowest BCUT2D eigenvalue weighted by Gasteiger charge is -2.18. The van der Waals surface area contributed by atoms with Gasteiger partial charge in [-0.1, -0.05) is 12.1 Å². The third-order valence-electron chi connectivity index (χ3n) is 3.56. The van der Waals surface area contributed by atoms with Crippen LogP contribution >= 0.6 is 0 Å². The Morgan fingerprint density at radius 2 is 2.25 bits per heavy atom. The Bertz CT molecular complexity index is 651. The molecule has 0 bridgehead atoms. The number of nitrogens with zero attached hydrogens (tertiary/aromatic N) is 3. The molecule has 1 aromatic carbocycles. The number of para-hydroxylation sites is 1. The Morgan fingerprint density at radius 3 is 3.00 bits per heavy atom. The van der Waals surface area contributed by atoms with E-state index in [1.807, 2.05) is 24.3 Å². The van der Waals surface area contributed by atoms with Crippen molar-refractivity contribution in [3.63, 3.8) is 0 Å². The van der Waals surface area contributed by atoms with Crippen molar-refractivity contribution in [2.24, 2.45) is 5.92 Å². The van der Waals surface area contributed by atoms with E-state index in [1.165, 1.54) is 0 Å². The summed E-state index contributed by atoms with van der Waals surface area (Å²) >= 11 is 0. The number of ether oxygens (including phenoxy) is 1. The summed E-state index contributed by atoms with van der Waals surface area (Å²) in [6.45, 7) is 0.382. The van der Waals surface area contributed by atoms with Crippen LogP contribution < -0.4 is 4.74 Å². The fourth-order valence-electron chi connectivity index (χ4n) is 2.45. The summed E-state index contributed by atoms with van der Waals surface area (Å²) in [6.07, 6.45) is 1.25. The maximum absolute atomic E-state index is 11.1. The lowest BCUT2D eigenvalue weighted by atomic mass is 10.0. The summed E-state index contributed by atoms with van der Waals surface area (Å²) < 4.78 is 7.01. The van der Waals surface area contributed by atoms with Crippen molar-refractivity contribution >= 4 is 5.97 Å². The number of aromatic nitrogens is 3. The first kappa shape index (κ1) is 12.7. The molecule has 1 aliphatic rings. The van der Waals surface area contributed by atoms with Crippen LogP contribution in [0.15, 0.2) is 24.3 Å². The molecule has 6 heteroatoms. The minimum Gasteiger partial charge on any atom is -0.496 e. The molecule has 0 saturated carbocycles. The number of carboxylic acid groups (broad SMARTS) is 1. The van der Waals surface area contributed by atoms with Crippen molar-refractivity contribution in [2.75, 3.05) is 7.11 Å². The van der Waals surface area contributed by atoms with Gasteiger partial charge in [-0.2, -0.15) is 5.10 Å². The van der Waals surface area contributed by atoms with Gasteiger partial charge < -0.3 is 9.84 Å². The van der Waals surface area contributed by atoms with Gasteiger partial charge in [-0.3, -0.25) is 4.79 Å². The van der Waals surface area contributed by atoms with E-state index in [4.69, 9.17) is 9.84 Å². The third kappa shape index (κ3) is 2.13. The topological polar surface area (TPSA) is 77.2 Å². The summed E-state index contributed by atoms with van der Waals surface area (Å²) in [5, 5.41) is 13.5. The molecule has 2 heterocycles. The van der Waals surface area contributed by atoms with Crippen LogP contribution in [0, 0.1) is 5.92 Å². The third-order valence-corrected chi connectivity index (χ3v) is 3.56. The molecule has 1 N–H and O–H groups in total. The van der Waals surface area contributed by atoms with Crippen LogP contribution in [0.4, 0.5) is 0 Å². The first-order valence-corrected chi connectivity index (χ1v) is 6.49. The number of carbonyl (C=O) groups is 1. The molecule has 2 aromatic rings. The molecule has 20 heavy (non-hydrogen) atoms. The highest BCUT2D eigenvalue weighted by Crippen LogP contribution is 2.28. The Balaban J connectivity index is 1.96. The second-order valence-corrected chi connectivity index (χ2v) is 4.81. The van der Waals surface area contributed by atoms with Gasteiger partial charge in [0.1, 0.15) is 11.6 Å². The minimum atomic E-state index is -0.773. The van der Waals surface area contributed by atoms with Gasteiger partial charge in [0.15, 0.2) is 5.82 Å². The van der Waals surface area contributed by atoms with Crippen LogP contribution in [-0.4, -0.2) is 33.0 Å². The van der Waals surface area contributed by atoms with Crippen LogP contribution in [0.25, 0.3) is 11.4 Å². The van der Waals surface area contributed by atoms with E-state index < -0.39 is 5.97 Å². The SMILES string of the molecule is COc1ccccc1-c1nc2n(n1)CC(C(=O)O)CC2. The number of fused-ring (bicyclic) bond motifs is 1. The lowest BCUT2D eigenvalue weighted by molar-refractivity contribution is -0.142. The molecule has 0 spiro atoms. The van der Waals surface area contributed by atoms with E-state index in [1.54, 1.807) is 11.8 Å². The van der Waals surface area contributed by atoms with Gasteiger partial charge in [0, 0.05) is 6.42 Å². The highest BCUT2D eigenvalue weighted by molar-refractivity contribution is 5.70. The molecule has 3 rings (SSSR count). The van der Waals surface area contributed by atoms with Gasteiger partial charge >= 0.3 is 5.97 Å². The Morgan fingerprint density at radius 1 is 1.45 bits per heavy atom. The van der Waals surface area contributed by atoms with Crippen LogP contribution in [0.5, 0.6) is 5.75 Å². The second-order valence-electron chi connectivity index (χ2n) is 4.81. The molecule has 0 aliphatic carbocycles. The Hall–Kier alpha value is -2.37. The zero-order chi connectivity index (χ0) is 14.1. The van der Waals surface area contributed by atoms with Crippen molar-refractivity contribution in [1.29, 1.82) is 0 Å². The Labute approximate surface area is 116 Å². The fourth-order valence-corrected chi connectivity index (χ4v) is 2.45. The van der Waals surface area contributed by atoms with Gasteiger partial charge in [0.25, 0.3) is 0 Å². The van der Waals surface area contributed by atoms with E-state index in [2.05, 4.69) is 10.1 Å². The van der Waals surface area contributed by atoms with Gasteiger partial charge in [-0.15, -0.1) is 0 Å². The number of hydrogen-bond acceptors (Lipinski definition) is 4. The van der Waals surface area contributed by atoms with E-state index >= 15 is 0 Å². The van der Waals surface area contributed by atoms with Gasteiger partial charge in [-0.25, -0.2) is 9.67 Å². The highest BCUT2D eigenvalue weighted by Gasteiger charge is 2.27. The minimum absolute atomic E-state index is 0.380. The number of hydrogen-bond donors (Lipinski definition) is 1. The highest BCUT2D eigenvalue weighted by atomic mass is 16.5. The summed E-state index contributed by atoms with van der Waals surface area (Å²) in [7, 11) is 1.61. The number of aryl methyl sites for hydroxylation is 1. The predicted molar refractivity (Wildman–Crippen MR) is 71.5 cm³/mol. The first-order valence-electron chi connectivity index (χ1n) is 6.49. The maximum Gasteiger partial charge on any atom is 0.308 e. The van der Waals surface area contributed by atoms with Crippen molar-refractivity contribution in [3.8, 4) is 17.1 Å². The molecule has 6 nitrogen and oxygen atoms in total. The average molecular weight is 273 g/mol. The molecular weight excluding hydrogens is 258 g/mol. The van der Waals surface area contributed by atoms with Crippen LogP contribution in [0.1, 0.15) is 12.2 Å². The van der Waals surface area contributed by atoms with E-state index in [0.29, 0.717) is 31.0 Å². The zero-order valence-electron chi connectivity index (χ0n) is 11.1. The molecule has 0 saturated heterocycles. The molecule has 1 aliphatic heterocycles. The zero-order valence-corrected chi connectivity index (χ0v) is 11.1. The molecule has 1 atom stereocenters. The second kappa shape index (κ2) is 4.96. The van der Waals surface area contributed by atoms with Gasteiger partial charge in [0.2, 0.25) is 0 Å². The van der Waals surface area contributed by atoms with Gasteiger partial charge in [0.05, 0.1) is 25.1 Å². The molecular formula is C14H15N3O3. The predicted octanol–water partition coefficient (Wildman–Crippen LogP) is 1.60. The van der Waals surface area contributed by atoms with Gasteiger partial charge in [-0.05, 0) is 18.6 Å². The number of benzene rings is 1. The summed E-state index contributed by atoms with van der Waals surface area (Å²) in [4.78, 5) is 15.6. The largest absolute Gasteiger partial charge is 0.496 e. The molecule has 0 fully saturated rings. The maximum atomic E-state index is 11.1. The summed E-state index contributed by atoms with van der Waals surface area (Å²) in [5.74, 6) is 0.983. The van der Waals surface area contributed by atoms with Crippen LogP contribution in [0.3, 0.4) is 0 Å². The first-order chi connectivity index (χ1) is 9.69. The van der Waals surface area contributed by atoms with Crippen LogP contribution in [-0.2, 0) is 17.8 Å². The molecule has 0 amide bonds. The number of carboxylic acids is 1. The molecule has 104 valence electrons. The molecule has 1 unspecified atom stereocenters. The van der Waals surface area contributed by atoms with Crippen molar-refractivity contribution in [1.82, 2.24) is 14.8 Å². The normalized spacial score (nSPS) is 17.6. The number of methoxy groups -OCH3 is 1. The Kier molecular flexibility index (Phi) is 3.14. The number of aliphatic carboxylic acids is 1. The molecule has 0 radical (unpaired) electrons. The summed E-state index contributed by atoms with van der Waals surface area (Å²) in [6, 6.07) is 7.54. The standard InChI is InChI=1S/C14H15N3O3/c1-20-11-5-3-2-4-10(11)13-15-12-7-6-9(14(18)19)8-17(12)16-13/h2-5,9H,6-8H2,1H3,(H,18,19). The smallest absolute Gasteiger partial charge is 0.308 e. The number of rotatable bonds is 3. The summed E-state index contributed by atoms with van der Waals surface area (Å²) in [5.41, 5.74) is 0.823. The van der Waals surface area contributed by atoms with Crippen molar-refractivity contribution in [2.45, 2.75) is 19.4 Å². The van der Waals surface area contributed by atoms with E-state index in [-0.39, 0.29) is 5.92 Å². The monoisotopic (exact) mass is 273 g/mol. The quantitative estimate of drug-likeness (QED) is 0.919. The van der Waals surface area contributed by atoms with E-state index in [0.717, 1.165) is 11.4 Å². The molecule has 1 aromatic heterocycles. The fraction of sp³-hybridized carbons (Fsp3) is 0.357. The average Bonchev–Trinajstić information content (AvgIpc) is 2.89. The van der Waals surface area contributed by atoms with Crippen LogP contribution in [0.2, 0.25) is 0 Å². The van der Waals surface area contributed by atoms with Crippen molar-refractivity contribution < 1.29 is 14.6 Å². The van der Waals surface area contributed by atoms with E-state index in [9.17, 15) is 4.79 Å². The van der Waals surface area contributed by atoms with Crippen molar-refractivity contribution in [3.05, 3.63) is 30.1 Å². The lowest BCUT2D eigenvalue weighted by Crippen LogP contribution is -2.27.